The van der Waals surface area contributed by atoms with Gasteiger partial charge in [-0.15, -0.1) is 0 Å². The Hall–Kier alpha value is -3.69. The number of allylic oxidation sites excluding steroid dienone is 1. The SMILES string of the molecule is C=N/C(C)=C1/OC(C)(C)OC/C1=C(/C)CCN.CC.O=Cc1ccc(-c2ccc([N+](=O)[O-])nc2)cc1. The number of carbonyl (C=O) groups is 1. The molecular formula is C27H36N4O5. The minimum atomic E-state index is -0.617. The summed E-state index contributed by atoms with van der Waals surface area (Å²) in [5.74, 6) is -0.0196. The first-order valence-electron chi connectivity index (χ1n) is 11.7. The number of benzene rings is 1. The first-order valence-corrected chi connectivity index (χ1v) is 11.7. The van der Waals surface area contributed by atoms with Crippen LogP contribution < -0.4 is 5.73 Å². The summed E-state index contributed by atoms with van der Waals surface area (Å²) in [5.41, 5.74) is 10.8. The second-order valence-electron chi connectivity index (χ2n) is 8.06. The van der Waals surface area contributed by atoms with Crippen molar-refractivity contribution in [3.05, 3.63) is 80.9 Å². The molecule has 1 fully saturated rings. The van der Waals surface area contributed by atoms with E-state index in [9.17, 15) is 14.9 Å². The summed E-state index contributed by atoms with van der Waals surface area (Å²) in [6, 6.07) is 9.89. The van der Waals surface area contributed by atoms with Crippen LogP contribution in [0.15, 0.2) is 70.2 Å². The van der Waals surface area contributed by atoms with Gasteiger partial charge in [0.2, 0.25) is 5.79 Å². The molecule has 9 nitrogen and oxygen atoms in total. The van der Waals surface area contributed by atoms with E-state index >= 15 is 0 Å². The topological polar surface area (TPSA) is 130 Å². The zero-order valence-electron chi connectivity index (χ0n) is 21.9. The third-order valence-corrected chi connectivity index (χ3v) is 5.10. The van der Waals surface area contributed by atoms with E-state index in [-0.39, 0.29) is 5.82 Å². The van der Waals surface area contributed by atoms with Gasteiger partial charge in [-0.05, 0) is 55.1 Å². The molecule has 1 saturated heterocycles. The Morgan fingerprint density at radius 1 is 1.19 bits per heavy atom. The molecule has 2 aromatic rings. The van der Waals surface area contributed by atoms with Gasteiger partial charge >= 0.3 is 5.82 Å². The average Bonchev–Trinajstić information content (AvgIpc) is 2.89. The number of aldehydes is 1. The molecule has 0 spiro atoms. The van der Waals surface area contributed by atoms with Crippen LogP contribution >= 0.6 is 0 Å². The third kappa shape index (κ3) is 8.83. The van der Waals surface area contributed by atoms with E-state index in [1.807, 2.05) is 41.5 Å². The second kappa shape index (κ2) is 14.7. The highest BCUT2D eigenvalue weighted by Gasteiger charge is 2.31. The van der Waals surface area contributed by atoms with Crippen molar-refractivity contribution in [2.24, 2.45) is 10.7 Å². The molecule has 2 N–H and O–H groups in total. The number of carbonyl (C=O) groups excluding carboxylic acids is 1. The number of aromatic nitrogens is 1. The highest BCUT2D eigenvalue weighted by atomic mass is 16.7. The van der Waals surface area contributed by atoms with Crippen LogP contribution in [-0.4, -0.2) is 41.8 Å². The van der Waals surface area contributed by atoms with E-state index in [1.54, 1.807) is 30.3 Å². The summed E-state index contributed by atoms with van der Waals surface area (Å²) in [7, 11) is 0. The first kappa shape index (κ1) is 30.3. The van der Waals surface area contributed by atoms with E-state index in [0.29, 0.717) is 18.7 Å². The van der Waals surface area contributed by atoms with Crippen LogP contribution in [0.2, 0.25) is 0 Å². The van der Waals surface area contributed by atoms with Crippen molar-refractivity contribution in [1.29, 1.82) is 0 Å². The number of rotatable bonds is 6. The maximum absolute atomic E-state index is 10.5. The zero-order valence-corrected chi connectivity index (χ0v) is 21.9. The summed E-state index contributed by atoms with van der Waals surface area (Å²) in [6.07, 6.45) is 3.03. The maximum atomic E-state index is 10.5. The van der Waals surface area contributed by atoms with Gasteiger partial charge in [-0.1, -0.05) is 43.7 Å². The van der Waals surface area contributed by atoms with E-state index in [4.69, 9.17) is 15.2 Å². The Morgan fingerprint density at radius 2 is 1.81 bits per heavy atom. The second-order valence-corrected chi connectivity index (χ2v) is 8.06. The fraction of sp³-hybridized carbons (Fsp3) is 0.370. The Morgan fingerprint density at radius 3 is 2.28 bits per heavy atom. The van der Waals surface area contributed by atoms with Gasteiger partial charge in [0.15, 0.2) is 0 Å². The van der Waals surface area contributed by atoms with Crippen molar-refractivity contribution in [1.82, 2.24) is 4.98 Å². The van der Waals surface area contributed by atoms with Crippen molar-refractivity contribution < 1.29 is 19.2 Å². The number of hydrogen-bond donors (Lipinski definition) is 1. The molecule has 1 aromatic heterocycles. The number of nitrogens with zero attached hydrogens (tertiary/aromatic N) is 3. The molecule has 0 bridgehead atoms. The lowest BCUT2D eigenvalue weighted by Gasteiger charge is -2.35. The van der Waals surface area contributed by atoms with Crippen LogP contribution in [0.25, 0.3) is 11.1 Å². The molecule has 0 aliphatic carbocycles. The van der Waals surface area contributed by atoms with Gasteiger partial charge in [0.1, 0.15) is 18.2 Å². The number of pyridine rings is 1. The van der Waals surface area contributed by atoms with Gasteiger partial charge in [-0.3, -0.25) is 9.79 Å². The van der Waals surface area contributed by atoms with Gasteiger partial charge < -0.3 is 25.3 Å². The van der Waals surface area contributed by atoms with Crippen molar-refractivity contribution >= 4 is 18.8 Å². The van der Waals surface area contributed by atoms with Gasteiger partial charge in [-0.2, -0.15) is 0 Å². The number of nitrogens with two attached hydrogens (primary N) is 1. The van der Waals surface area contributed by atoms with Gasteiger partial charge in [0.25, 0.3) is 0 Å². The van der Waals surface area contributed by atoms with Crippen LogP contribution in [0.3, 0.4) is 0 Å². The van der Waals surface area contributed by atoms with Crippen molar-refractivity contribution in [2.75, 3.05) is 13.2 Å². The van der Waals surface area contributed by atoms with Crippen LogP contribution in [0.5, 0.6) is 0 Å². The lowest BCUT2D eigenvalue weighted by molar-refractivity contribution is -0.389. The van der Waals surface area contributed by atoms with Crippen molar-refractivity contribution in [2.45, 2.75) is 53.8 Å². The number of aliphatic imine (C=N–C) groups is 1. The molecule has 0 amide bonds. The lowest BCUT2D eigenvalue weighted by Crippen LogP contribution is -2.35. The minimum Gasteiger partial charge on any atom is -0.461 e. The predicted octanol–water partition coefficient (Wildman–Crippen LogP) is 5.86. The monoisotopic (exact) mass is 496 g/mol. The molecule has 194 valence electrons. The van der Waals surface area contributed by atoms with Gasteiger partial charge in [-0.25, -0.2) is 0 Å². The normalized spacial score (nSPS) is 16.6. The van der Waals surface area contributed by atoms with Gasteiger partial charge in [0, 0.05) is 36.6 Å². The smallest absolute Gasteiger partial charge is 0.363 e. The van der Waals surface area contributed by atoms with E-state index in [0.717, 1.165) is 40.9 Å². The molecule has 0 atom stereocenters. The Bertz CT molecular complexity index is 1090. The third-order valence-electron chi connectivity index (χ3n) is 5.10. The quantitative estimate of drug-likeness (QED) is 0.229. The minimum absolute atomic E-state index is 0.182. The fourth-order valence-electron chi connectivity index (χ4n) is 3.12. The molecule has 0 radical (unpaired) electrons. The largest absolute Gasteiger partial charge is 0.461 e. The van der Waals surface area contributed by atoms with Crippen molar-refractivity contribution in [3.8, 4) is 11.1 Å². The lowest BCUT2D eigenvalue weighted by atomic mass is 10.0. The number of nitro groups is 1. The maximum Gasteiger partial charge on any atom is 0.363 e. The molecule has 0 saturated carbocycles. The molecule has 3 rings (SSSR count). The fourth-order valence-corrected chi connectivity index (χ4v) is 3.12. The molecular weight excluding hydrogens is 460 g/mol. The number of hydrogen-bond acceptors (Lipinski definition) is 8. The summed E-state index contributed by atoms with van der Waals surface area (Å²) in [6.45, 7) is 16.4. The van der Waals surface area contributed by atoms with Crippen molar-refractivity contribution in [3.63, 3.8) is 0 Å². The highest BCUT2D eigenvalue weighted by molar-refractivity contribution is 5.76. The first-order chi connectivity index (χ1) is 17.1. The Balaban J connectivity index is 0.000000337. The molecule has 1 aliphatic heterocycles. The predicted molar refractivity (Wildman–Crippen MR) is 143 cm³/mol. The average molecular weight is 497 g/mol. The molecule has 1 aliphatic rings. The van der Waals surface area contributed by atoms with Crippen LogP contribution in [0.1, 0.15) is 58.3 Å². The summed E-state index contributed by atoms with van der Waals surface area (Å²) in [4.78, 5) is 28.1. The van der Waals surface area contributed by atoms with Crippen LogP contribution in [-0.2, 0) is 9.47 Å². The standard InChI is InChI=1S/C13H22N2O2.C12H8N2O3.C2H6/c1-9(6-7-14)11-8-16-13(3,4)17-12(11)10(2)15-5;15-8-9-1-3-10(4-2-9)11-5-6-12(13-7-11)14(16)17;1-2/h5-8,14H2,1-4H3;1-8H;1-2H3/b11-9+,12-10+;;. The van der Waals surface area contributed by atoms with E-state index in [2.05, 4.69) is 16.7 Å². The molecule has 0 unspecified atom stereocenters. The van der Waals surface area contributed by atoms with Gasteiger partial charge in [0.05, 0.1) is 12.3 Å². The molecule has 9 heteroatoms. The Kier molecular flexibility index (Phi) is 12.3. The highest BCUT2D eigenvalue weighted by Crippen LogP contribution is 2.33. The number of ether oxygens (including phenoxy) is 2. The van der Waals surface area contributed by atoms with E-state index in [1.165, 1.54) is 17.8 Å². The van der Waals surface area contributed by atoms with Crippen LogP contribution in [0, 0.1) is 10.1 Å². The van der Waals surface area contributed by atoms with E-state index < -0.39 is 10.7 Å². The Labute approximate surface area is 212 Å². The van der Waals surface area contributed by atoms with Crippen LogP contribution in [0.4, 0.5) is 5.82 Å². The molecule has 1 aromatic carbocycles. The molecule has 2 heterocycles. The zero-order chi connectivity index (χ0) is 27.3. The summed E-state index contributed by atoms with van der Waals surface area (Å²) < 4.78 is 11.5. The summed E-state index contributed by atoms with van der Waals surface area (Å²) in [5, 5.41) is 10.4. The summed E-state index contributed by atoms with van der Waals surface area (Å²) >= 11 is 0. The molecule has 36 heavy (non-hydrogen) atoms.